The van der Waals surface area contributed by atoms with Gasteiger partial charge in [0.25, 0.3) is 5.91 Å². The molecule has 0 aromatic heterocycles. The van der Waals surface area contributed by atoms with Gasteiger partial charge in [-0.1, -0.05) is 49.6 Å². The lowest BCUT2D eigenvalue weighted by atomic mass is 9.91. The number of carbonyl (C=O) groups is 1. The van der Waals surface area contributed by atoms with Crippen LogP contribution in [0.4, 0.5) is 13.2 Å². The fourth-order valence-electron chi connectivity index (χ4n) is 4.73. The summed E-state index contributed by atoms with van der Waals surface area (Å²) in [4.78, 5) is 12.5. The van der Waals surface area contributed by atoms with E-state index in [0.717, 1.165) is 31.4 Å². The Balaban J connectivity index is 1.32. The zero-order valence-corrected chi connectivity index (χ0v) is 23.7. The molecule has 4 atom stereocenters. The summed E-state index contributed by atoms with van der Waals surface area (Å²) in [7, 11) is -3.78. The first-order valence-electron chi connectivity index (χ1n) is 12.8. The van der Waals surface area contributed by atoms with E-state index in [-0.39, 0.29) is 33.4 Å². The molecule has 39 heavy (non-hydrogen) atoms. The molecule has 2 aromatic carbocycles. The van der Waals surface area contributed by atoms with Crippen LogP contribution in [0.15, 0.2) is 58.8 Å². The molecule has 1 heterocycles. The molecule has 212 valence electrons. The predicted octanol–water partition coefficient (Wildman–Crippen LogP) is 5.70. The molecule has 1 aliphatic carbocycles. The molecule has 1 saturated carbocycles. The van der Waals surface area contributed by atoms with Gasteiger partial charge in [0.05, 0.1) is 5.56 Å². The molecule has 4 rings (SSSR count). The van der Waals surface area contributed by atoms with Crippen molar-refractivity contribution < 1.29 is 26.4 Å². The highest BCUT2D eigenvalue weighted by Crippen LogP contribution is 2.39. The van der Waals surface area contributed by atoms with Gasteiger partial charge in [-0.2, -0.15) is 13.2 Å². The van der Waals surface area contributed by atoms with E-state index < -0.39 is 21.8 Å². The van der Waals surface area contributed by atoms with Crippen LogP contribution in [0.2, 0.25) is 5.02 Å². The van der Waals surface area contributed by atoms with Crippen molar-refractivity contribution in [2.24, 2.45) is 5.92 Å². The van der Waals surface area contributed by atoms with Crippen LogP contribution in [-0.2, 0) is 22.7 Å². The van der Waals surface area contributed by atoms with Crippen molar-refractivity contribution in [2.45, 2.75) is 62.7 Å². The Hall–Kier alpha value is -2.05. The van der Waals surface area contributed by atoms with E-state index >= 15 is 0 Å². The Morgan fingerprint density at radius 1 is 1.03 bits per heavy atom. The topological polar surface area (TPSA) is 87.3 Å². The number of thioether (sulfide) groups is 1. The smallest absolute Gasteiger partial charge is 0.351 e. The van der Waals surface area contributed by atoms with Gasteiger partial charge in [-0.15, -0.1) is 11.8 Å². The number of amides is 1. The number of alkyl halides is 3. The van der Waals surface area contributed by atoms with Gasteiger partial charge in [0.2, 0.25) is 10.0 Å². The fourth-order valence-corrected chi connectivity index (χ4v) is 8.12. The Labute approximate surface area is 236 Å². The lowest BCUT2D eigenvalue weighted by Gasteiger charge is -2.33. The summed E-state index contributed by atoms with van der Waals surface area (Å²) in [6.45, 7) is 2.57. The number of benzene rings is 2. The number of halogens is 4. The van der Waals surface area contributed by atoms with Crippen molar-refractivity contribution in [3.05, 3.63) is 80.6 Å². The lowest BCUT2D eigenvalue weighted by molar-refractivity contribution is -0.137. The molecule has 0 bridgehead atoms. The summed E-state index contributed by atoms with van der Waals surface area (Å²) in [5, 5.41) is 6.61. The number of allylic oxidation sites excluding steroid dienone is 1. The van der Waals surface area contributed by atoms with Gasteiger partial charge in [-0.3, -0.25) is 4.79 Å². The van der Waals surface area contributed by atoms with Crippen molar-refractivity contribution in [1.29, 1.82) is 0 Å². The third kappa shape index (κ3) is 8.00. The highest BCUT2D eigenvalue weighted by atomic mass is 35.5. The van der Waals surface area contributed by atoms with Crippen LogP contribution >= 0.6 is 23.4 Å². The van der Waals surface area contributed by atoms with Crippen molar-refractivity contribution in [3.63, 3.8) is 0 Å². The standard InChI is InChI=1S/C27H31ClF3N3O3S2/c1-17-14-25(38-24(17)16-33-26(35)19-8-12-21(28)13-9-19)39(36,37)34-23-5-3-2-4-22(23)32-15-18-6-10-20(11-7-18)27(29,30)31/h6-14,17,22-24,32,34H,2-5,15-16H2,1H3,(H,33,35). The SMILES string of the molecule is CC1C=C(S(=O)(=O)NC2CCCCC2NCc2ccc(C(F)(F)F)cc2)SC1CNC(=O)c1ccc(Cl)cc1. The zero-order valence-electron chi connectivity index (χ0n) is 21.3. The minimum absolute atomic E-state index is 0.0629. The maximum absolute atomic E-state index is 13.3. The molecule has 1 fully saturated rings. The number of hydrogen-bond acceptors (Lipinski definition) is 5. The molecule has 6 nitrogen and oxygen atoms in total. The molecule has 2 aromatic rings. The van der Waals surface area contributed by atoms with Gasteiger partial charge in [-0.25, -0.2) is 13.1 Å². The Bertz CT molecular complexity index is 1290. The van der Waals surface area contributed by atoms with Crippen molar-refractivity contribution >= 4 is 39.3 Å². The van der Waals surface area contributed by atoms with Crippen LogP contribution in [0.1, 0.15) is 54.1 Å². The number of nitrogens with one attached hydrogen (secondary N) is 3. The minimum Gasteiger partial charge on any atom is -0.351 e. The Morgan fingerprint density at radius 2 is 1.67 bits per heavy atom. The van der Waals surface area contributed by atoms with Gasteiger partial charge >= 0.3 is 6.18 Å². The van der Waals surface area contributed by atoms with E-state index in [2.05, 4.69) is 15.4 Å². The van der Waals surface area contributed by atoms with Crippen LogP contribution in [-0.4, -0.2) is 38.2 Å². The quantitative estimate of drug-likeness (QED) is 0.343. The van der Waals surface area contributed by atoms with Crippen LogP contribution in [0.25, 0.3) is 0 Å². The van der Waals surface area contributed by atoms with E-state index in [1.54, 1.807) is 30.3 Å². The normalized spacial score (nSPS) is 23.9. The van der Waals surface area contributed by atoms with Crippen LogP contribution < -0.4 is 15.4 Å². The summed E-state index contributed by atoms with van der Waals surface area (Å²) in [6, 6.07) is 11.0. The van der Waals surface area contributed by atoms with Crippen LogP contribution in [0.3, 0.4) is 0 Å². The predicted molar refractivity (Wildman–Crippen MR) is 149 cm³/mol. The number of hydrogen-bond donors (Lipinski definition) is 3. The molecule has 4 unspecified atom stereocenters. The highest BCUT2D eigenvalue weighted by Gasteiger charge is 2.36. The molecule has 3 N–H and O–H groups in total. The van der Waals surface area contributed by atoms with E-state index in [4.69, 9.17) is 11.6 Å². The molecule has 0 radical (unpaired) electrons. The first-order valence-corrected chi connectivity index (χ1v) is 15.5. The van der Waals surface area contributed by atoms with Gasteiger partial charge in [0.15, 0.2) is 0 Å². The molecular formula is C27H31ClF3N3O3S2. The number of carbonyl (C=O) groups excluding carboxylic acids is 1. The second-order valence-electron chi connectivity index (χ2n) is 9.91. The Kier molecular flexibility index (Phi) is 9.69. The van der Waals surface area contributed by atoms with Crippen LogP contribution in [0, 0.1) is 5.92 Å². The van der Waals surface area contributed by atoms with Crippen molar-refractivity contribution in [3.8, 4) is 0 Å². The van der Waals surface area contributed by atoms with E-state index in [1.807, 2.05) is 6.92 Å². The number of sulfonamides is 1. The maximum atomic E-state index is 13.3. The third-order valence-electron chi connectivity index (χ3n) is 7.01. The van der Waals surface area contributed by atoms with Gasteiger partial charge in [0.1, 0.15) is 4.24 Å². The molecule has 1 amide bonds. The lowest BCUT2D eigenvalue weighted by Crippen LogP contribution is -2.51. The largest absolute Gasteiger partial charge is 0.416 e. The second kappa shape index (κ2) is 12.6. The summed E-state index contributed by atoms with van der Waals surface area (Å²) < 4.78 is 68.2. The zero-order chi connectivity index (χ0) is 28.2. The minimum atomic E-state index is -4.38. The first kappa shape index (κ1) is 29.9. The van der Waals surface area contributed by atoms with Crippen molar-refractivity contribution in [2.75, 3.05) is 6.54 Å². The third-order valence-corrected chi connectivity index (χ3v) is 10.8. The van der Waals surface area contributed by atoms with Gasteiger partial charge in [0, 0.05) is 41.0 Å². The summed E-state index contributed by atoms with van der Waals surface area (Å²) in [5.74, 6) is -0.315. The molecule has 2 aliphatic rings. The van der Waals surface area contributed by atoms with Gasteiger partial charge < -0.3 is 10.6 Å². The highest BCUT2D eigenvalue weighted by molar-refractivity contribution is 8.18. The molecular weight excluding hydrogens is 571 g/mol. The first-order chi connectivity index (χ1) is 18.4. The fraction of sp³-hybridized carbons (Fsp3) is 0.444. The van der Waals surface area contributed by atoms with E-state index in [9.17, 15) is 26.4 Å². The molecule has 12 heteroatoms. The molecule has 0 spiro atoms. The summed E-state index contributed by atoms with van der Waals surface area (Å²) in [6.07, 6.45) is 0.581. The molecule has 1 aliphatic heterocycles. The summed E-state index contributed by atoms with van der Waals surface area (Å²) >= 11 is 7.11. The summed E-state index contributed by atoms with van der Waals surface area (Å²) in [5.41, 5.74) is 0.472. The van der Waals surface area contributed by atoms with Gasteiger partial charge in [-0.05, 0) is 60.7 Å². The second-order valence-corrected chi connectivity index (χ2v) is 13.6. The van der Waals surface area contributed by atoms with E-state index in [0.29, 0.717) is 35.7 Å². The van der Waals surface area contributed by atoms with E-state index in [1.165, 1.54) is 23.9 Å². The number of rotatable bonds is 9. The average Bonchev–Trinajstić information content (AvgIpc) is 3.28. The van der Waals surface area contributed by atoms with Crippen LogP contribution in [0.5, 0.6) is 0 Å². The average molecular weight is 602 g/mol. The monoisotopic (exact) mass is 601 g/mol. The molecule has 0 saturated heterocycles. The maximum Gasteiger partial charge on any atom is 0.416 e. The van der Waals surface area contributed by atoms with Crippen molar-refractivity contribution in [1.82, 2.24) is 15.4 Å². The Morgan fingerprint density at radius 3 is 2.31 bits per heavy atom.